The zero-order chi connectivity index (χ0) is 16.9. The van der Waals surface area contributed by atoms with E-state index in [1.807, 2.05) is 18.2 Å². The van der Waals surface area contributed by atoms with Crippen molar-refractivity contribution >= 4 is 0 Å². The van der Waals surface area contributed by atoms with E-state index in [0.29, 0.717) is 12.5 Å². The van der Waals surface area contributed by atoms with Gasteiger partial charge in [-0.15, -0.1) is 0 Å². The standard InChI is InChI=1S/C21H26FNO/c1-2-6-18-14-23(13-16-7-4-3-5-8-16)15-20(24)21(18)17-9-11-19(22)12-10-17/h3-5,7-12,18,20-21,24H,2,6,13-15H2,1H3. The molecule has 0 bridgehead atoms. The van der Waals surface area contributed by atoms with E-state index in [9.17, 15) is 9.50 Å². The minimum absolute atomic E-state index is 0.0950. The van der Waals surface area contributed by atoms with Gasteiger partial charge in [0.05, 0.1) is 6.10 Å². The maximum Gasteiger partial charge on any atom is 0.123 e. The van der Waals surface area contributed by atoms with Crippen LogP contribution in [0, 0.1) is 11.7 Å². The normalized spacial score (nSPS) is 24.9. The highest BCUT2D eigenvalue weighted by molar-refractivity contribution is 5.24. The summed E-state index contributed by atoms with van der Waals surface area (Å²) < 4.78 is 13.2. The minimum atomic E-state index is -0.413. The molecule has 1 aliphatic rings. The van der Waals surface area contributed by atoms with Crippen molar-refractivity contribution in [3.8, 4) is 0 Å². The Morgan fingerprint density at radius 1 is 1.04 bits per heavy atom. The number of hydrogen-bond donors (Lipinski definition) is 1. The molecule has 3 rings (SSSR count). The quantitative estimate of drug-likeness (QED) is 0.889. The largest absolute Gasteiger partial charge is 0.391 e. The molecule has 2 aromatic rings. The summed E-state index contributed by atoms with van der Waals surface area (Å²) in [5.74, 6) is 0.271. The average Bonchev–Trinajstić information content (AvgIpc) is 2.57. The molecule has 128 valence electrons. The Bertz CT molecular complexity index is 628. The molecule has 0 saturated carbocycles. The first kappa shape index (κ1) is 17.1. The Balaban J connectivity index is 1.76. The van der Waals surface area contributed by atoms with Crippen LogP contribution in [-0.2, 0) is 6.54 Å². The molecule has 0 spiro atoms. The second-order valence-electron chi connectivity index (χ2n) is 6.87. The maximum atomic E-state index is 13.2. The van der Waals surface area contributed by atoms with Crippen LogP contribution < -0.4 is 0 Å². The molecule has 1 heterocycles. The second-order valence-corrected chi connectivity index (χ2v) is 6.87. The molecule has 0 aromatic heterocycles. The first-order valence-electron chi connectivity index (χ1n) is 8.87. The van der Waals surface area contributed by atoms with E-state index in [-0.39, 0.29) is 11.7 Å². The van der Waals surface area contributed by atoms with Crippen LogP contribution in [0.2, 0.25) is 0 Å². The lowest BCUT2D eigenvalue weighted by Gasteiger charge is -2.42. The van der Waals surface area contributed by atoms with Gasteiger partial charge in [-0.3, -0.25) is 4.90 Å². The number of piperidine rings is 1. The SMILES string of the molecule is CCCC1CN(Cc2ccccc2)CC(O)C1c1ccc(F)cc1. The van der Waals surface area contributed by atoms with Crippen molar-refractivity contribution in [1.82, 2.24) is 4.90 Å². The van der Waals surface area contributed by atoms with Crippen molar-refractivity contribution in [3.05, 3.63) is 71.5 Å². The molecule has 2 nitrogen and oxygen atoms in total. The fourth-order valence-corrected chi connectivity index (χ4v) is 4.00. The number of rotatable bonds is 5. The molecule has 0 amide bonds. The van der Waals surface area contributed by atoms with Crippen molar-refractivity contribution in [1.29, 1.82) is 0 Å². The highest BCUT2D eigenvalue weighted by atomic mass is 19.1. The van der Waals surface area contributed by atoms with Crippen molar-refractivity contribution in [2.24, 2.45) is 5.92 Å². The first-order valence-corrected chi connectivity index (χ1v) is 8.87. The molecule has 1 aliphatic heterocycles. The molecule has 3 heteroatoms. The lowest BCUT2D eigenvalue weighted by molar-refractivity contribution is 0.0115. The van der Waals surface area contributed by atoms with Gasteiger partial charge in [0, 0.05) is 25.6 Å². The number of nitrogens with zero attached hydrogens (tertiary/aromatic N) is 1. The van der Waals surface area contributed by atoms with Gasteiger partial charge >= 0.3 is 0 Å². The van der Waals surface area contributed by atoms with Gasteiger partial charge < -0.3 is 5.11 Å². The summed E-state index contributed by atoms with van der Waals surface area (Å²) in [5.41, 5.74) is 2.34. The number of aliphatic hydroxyl groups excluding tert-OH is 1. The van der Waals surface area contributed by atoms with E-state index in [1.165, 1.54) is 17.7 Å². The van der Waals surface area contributed by atoms with Crippen LogP contribution in [0.25, 0.3) is 0 Å². The minimum Gasteiger partial charge on any atom is -0.391 e. The number of aliphatic hydroxyl groups is 1. The molecule has 3 atom stereocenters. The third kappa shape index (κ3) is 4.03. The molecule has 1 N–H and O–H groups in total. The highest BCUT2D eigenvalue weighted by Crippen LogP contribution is 2.36. The smallest absolute Gasteiger partial charge is 0.123 e. The third-order valence-electron chi connectivity index (χ3n) is 5.02. The Hall–Kier alpha value is -1.71. The van der Waals surface area contributed by atoms with Crippen molar-refractivity contribution in [3.63, 3.8) is 0 Å². The van der Waals surface area contributed by atoms with Gasteiger partial charge in [-0.05, 0) is 35.6 Å². The molecule has 0 aliphatic carbocycles. The van der Waals surface area contributed by atoms with Gasteiger partial charge in [-0.1, -0.05) is 55.8 Å². The van der Waals surface area contributed by atoms with E-state index < -0.39 is 6.10 Å². The molecule has 2 aromatic carbocycles. The van der Waals surface area contributed by atoms with Gasteiger partial charge in [-0.25, -0.2) is 4.39 Å². The van der Waals surface area contributed by atoms with Crippen molar-refractivity contribution in [2.45, 2.75) is 38.3 Å². The zero-order valence-corrected chi connectivity index (χ0v) is 14.2. The molecule has 1 fully saturated rings. The predicted octanol–water partition coefficient (Wildman–Crippen LogP) is 4.20. The fraction of sp³-hybridized carbons (Fsp3) is 0.429. The molecule has 24 heavy (non-hydrogen) atoms. The highest BCUT2D eigenvalue weighted by Gasteiger charge is 2.36. The summed E-state index contributed by atoms with van der Waals surface area (Å²) in [7, 11) is 0. The van der Waals surface area contributed by atoms with Gasteiger partial charge in [0.1, 0.15) is 5.82 Å². The van der Waals surface area contributed by atoms with Gasteiger partial charge in [0.15, 0.2) is 0 Å². The summed E-state index contributed by atoms with van der Waals surface area (Å²) in [6, 6.07) is 17.1. The fourth-order valence-electron chi connectivity index (χ4n) is 4.00. The summed E-state index contributed by atoms with van der Waals surface area (Å²) >= 11 is 0. The molecule has 3 unspecified atom stereocenters. The van der Waals surface area contributed by atoms with E-state index in [4.69, 9.17) is 0 Å². The summed E-state index contributed by atoms with van der Waals surface area (Å²) in [6.07, 6.45) is 1.75. The monoisotopic (exact) mass is 327 g/mol. The summed E-state index contributed by atoms with van der Waals surface area (Å²) in [5, 5.41) is 10.8. The number of hydrogen-bond acceptors (Lipinski definition) is 2. The molecular weight excluding hydrogens is 301 g/mol. The van der Waals surface area contributed by atoms with E-state index >= 15 is 0 Å². The van der Waals surface area contributed by atoms with E-state index in [2.05, 4.69) is 36.1 Å². The first-order chi connectivity index (χ1) is 11.7. The van der Waals surface area contributed by atoms with E-state index in [0.717, 1.165) is 31.5 Å². The Labute approximate surface area is 143 Å². The zero-order valence-electron chi connectivity index (χ0n) is 14.2. The Morgan fingerprint density at radius 2 is 1.75 bits per heavy atom. The average molecular weight is 327 g/mol. The van der Waals surface area contributed by atoms with Gasteiger partial charge in [0.2, 0.25) is 0 Å². The lowest BCUT2D eigenvalue weighted by atomic mass is 9.76. The topological polar surface area (TPSA) is 23.5 Å². The number of benzene rings is 2. The Morgan fingerprint density at radius 3 is 2.42 bits per heavy atom. The van der Waals surface area contributed by atoms with Gasteiger partial charge in [0.25, 0.3) is 0 Å². The number of likely N-dealkylation sites (tertiary alicyclic amines) is 1. The maximum absolute atomic E-state index is 13.2. The molecular formula is C21H26FNO. The van der Waals surface area contributed by atoms with Gasteiger partial charge in [-0.2, -0.15) is 0 Å². The second kappa shape index (κ2) is 7.91. The lowest BCUT2D eigenvalue weighted by Crippen LogP contribution is -2.47. The van der Waals surface area contributed by atoms with Crippen molar-refractivity contribution < 1.29 is 9.50 Å². The molecule has 0 radical (unpaired) electrons. The summed E-state index contributed by atoms with van der Waals surface area (Å²) in [6.45, 7) is 4.69. The van der Waals surface area contributed by atoms with Crippen LogP contribution in [-0.4, -0.2) is 29.2 Å². The van der Waals surface area contributed by atoms with Crippen LogP contribution in [0.5, 0.6) is 0 Å². The van der Waals surface area contributed by atoms with Crippen molar-refractivity contribution in [2.75, 3.05) is 13.1 Å². The van der Waals surface area contributed by atoms with Crippen LogP contribution >= 0.6 is 0 Å². The Kier molecular flexibility index (Phi) is 5.64. The number of β-amino-alcohol motifs (C(OH)–C–C–N with tert-alkyl or cyclic N) is 1. The van der Waals surface area contributed by atoms with E-state index in [1.54, 1.807) is 0 Å². The number of halogens is 1. The van der Waals surface area contributed by atoms with Crippen LogP contribution in [0.4, 0.5) is 4.39 Å². The molecule has 1 saturated heterocycles. The third-order valence-corrected chi connectivity index (χ3v) is 5.02. The van der Waals surface area contributed by atoms with Crippen LogP contribution in [0.3, 0.4) is 0 Å². The van der Waals surface area contributed by atoms with Crippen LogP contribution in [0.1, 0.15) is 36.8 Å². The van der Waals surface area contributed by atoms with Crippen LogP contribution in [0.15, 0.2) is 54.6 Å². The summed E-state index contributed by atoms with van der Waals surface area (Å²) in [4.78, 5) is 2.35. The predicted molar refractivity (Wildman–Crippen MR) is 95.3 cm³/mol.